The molecule has 1 heterocycles. The maximum Gasteiger partial charge on any atom is 0.573 e. The van der Waals surface area contributed by atoms with Crippen LogP contribution in [0.1, 0.15) is 5.56 Å². The Labute approximate surface area is 102 Å². The number of aromatic nitrogens is 1. The van der Waals surface area contributed by atoms with E-state index in [1.54, 1.807) is 6.07 Å². The second-order valence-corrected chi connectivity index (χ2v) is 3.65. The van der Waals surface area contributed by atoms with Crippen LogP contribution in [0.3, 0.4) is 0 Å². The van der Waals surface area contributed by atoms with E-state index in [2.05, 4.69) is 9.72 Å². The fourth-order valence-electron chi connectivity index (χ4n) is 0.965. The quantitative estimate of drug-likeness (QED) is 0.661. The van der Waals surface area contributed by atoms with Gasteiger partial charge in [-0.15, -0.1) is 13.2 Å². The maximum atomic E-state index is 12.1. The van der Waals surface area contributed by atoms with Gasteiger partial charge in [-0.05, 0) is 22.6 Å². The molecule has 0 bridgehead atoms. The van der Waals surface area contributed by atoms with Gasteiger partial charge in [0.15, 0.2) is 5.75 Å². The van der Waals surface area contributed by atoms with Crippen molar-refractivity contribution in [1.82, 2.24) is 4.98 Å². The molecule has 0 aliphatic carbocycles. The summed E-state index contributed by atoms with van der Waals surface area (Å²) in [6, 6.07) is 1.64. The number of nitrogens with zero attached hydrogens (tertiary/aromatic N) is 2. The number of ether oxygens (including phenoxy) is 1. The van der Waals surface area contributed by atoms with Crippen LogP contribution in [-0.4, -0.2) is 16.5 Å². The Morgan fingerprint density at radius 1 is 1.56 bits per heavy atom. The molecule has 0 aliphatic rings. The molecule has 0 atom stereocenters. The molecule has 8 heteroatoms. The van der Waals surface area contributed by atoms with Gasteiger partial charge < -0.3 is 9.84 Å². The summed E-state index contributed by atoms with van der Waals surface area (Å²) in [5.41, 5.74) is -0.223. The van der Waals surface area contributed by atoms with Crippen LogP contribution in [0, 0.1) is 15.0 Å². The molecular formula is C8H4F3IN2O2. The topological polar surface area (TPSA) is 66.1 Å². The zero-order chi connectivity index (χ0) is 12.3. The Hall–Kier alpha value is -1.24. The largest absolute Gasteiger partial charge is 0.573 e. The van der Waals surface area contributed by atoms with E-state index in [0.717, 1.165) is 6.20 Å². The number of hydrogen-bond acceptors (Lipinski definition) is 4. The fraction of sp³-hybridized carbons (Fsp3) is 0.250. The molecule has 0 fully saturated rings. The van der Waals surface area contributed by atoms with Crippen LogP contribution in [-0.2, 0) is 6.42 Å². The highest BCUT2D eigenvalue weighted by Gasteiger charge is 2.34. The minimum absolute atomic E-state index is 0.0713. The smallest absolute Gasteiger partial charge is 0.506 e. The molecule has 16 heavy (non-hydrogen) atoms. The fourth-order valence-corrected chi connectivity index (χ4v) is 1.54. The van der Waals surface area contributed by atoms with Crippen molar-refractivity contribution in [1.29, 1.82) is 5.26 Å². The van der Waals surface area contributed by atoms with Crippen molar-refractivity contribution in [3.05, 3.63) is 15.5 Å². The van der Waals surface area contributed by atoms with Crippen LogP contribution in [0.5, 0.6) is 11.5 Å². The number of hydrogen-bond donors (Lipinski definition) is 1. The Bertz CT molecular complexity index is 442. The lowest BCUT2D eigenvalue weighted by atomic mass is 10.2. The van der Waals surface area contributed by atoms with Crippen molar-refractivity contribution >= 4 is 22.6 Å². The summed E-state index contributed by atoms with van der Waals surface area (Å²) in [6.07, 6.45) is -4.31. The van der Waals surface area contributed by atoms with E-state index >= 15 is 0 Å². The predicted octanol–water partition coefficient (Wildman–Crippen LogP) is 2.36. The zero-order valence-electron chi connectivity index (χ0n) is 7.55. The summed E-state index contributed by atoms with van der Waals surface area (Å²) in [4.78, 5) is 3.51. The highest BCUT2D eigenvalue weighted by molar-refractivity contribution is 14.1. The second-order valence-electron chi connectivity index (χ2n) is 2.62. The van der Waals surface area contributed by atoms with Crippen LogP contribution < -0.4 is 4.74 Å². The molecule has 1 N–H and O–H groups in total. The molecular weight excluding hydrogens is 340 g/mol. The van der Waals surface area contributed by atoms with Crippen LogP contribution in [0.15, 0.2) is 6.20 Å². The van der Waals surface area contributed by atoms with Crippen molar-refractivity contribution in [2.24, 2.45) is 0 Å². The first-order valence-corrected chi connectivity index (χ1v) is 4.92. The predicted molar refractivity (Wildman–Crippen MR) is 54.6 cm³/mol. The van der Waals surface area contributed by atoms with Crippen LogP contribution in [0.2, 0.25) is 0 Å². The van der Waals surface area contributed by atoms with Gasteiger partial charge in [-0.25, -0.2) is 4.98 Å². The number of pyridine rings is 1. The van der Waals surface area contributed by atoms with Gasteiger partial charge in [-0.2, -0.15) is 5.26 Å². The summed E-state index contributed by atoms with van der Waals surface area (Å²) in [7, 11) is 0. The minimum Gasteiger partial charge on any atom is -0.506 e. The normalized spacial score (nSPS) is 10.9. The summed E-state index contributed by atoms with van der Waals surface area (Å²) in [6.45, 7) is 0. The monoisotopic (exact) mass is 344 g/mol. The van der Waals surface area contributed by atoms with E-state index < -0.39 is 24.3 Å². The van der Waals surface area contributed by atoms with Gasteiger partial charge in [0.25, 0.3) is 0 Å². The van der Waals surface area contributed by atoms with Gasteiger partial charge in [-0.3, -0.25) is 0 Å². The lowest BCUT2D eigenvalue weighted by Gasteiger charge is -2.13. The van der Waals surface area contributed by atoms with E-state index in [0.29, 0.717) is 0 Å². The molecule has 1 rings (SSSR count). The van der Waals surface area contributed by atoms with Gasteiger partial charge in [0.05, 0.1) is 24.3 Å². The Morgan fingerprint density at radius 3 is 2.69 bits per heavy atom. The first-order chi connectivity index (χ1) is 7.35. The molecule has 0 spiro atoms. The molecule has 86 valence electrons. The SMILES string of the molecule is N#CCc1c(O)cnc(I)c1OC(F)(F)F. The van der Waals surface area contributed by atoms with E-state index in [-0.39, 0.29) is 9.26 Å². The Balaban J connectivity index is 3.24. The number of nitriles is 1. The summed E-state index contributed by atoms with van der Waals surface area (Å²) < 4.78 is 39.8. The first kappa shape index (κ1) is 12.8. The lowest BCUT2D eigenvalue weighted by molar-refractivity contribution is -0.275. The minimum atomic E-state index is -4.89. The molecule has 0 amide bonds. The molecule has 0 saturated carbocycles. The van der Waals surface area contributed by atoms with Crippen molar-refractivity contribution in [2.75, 3.05) is 0 Å². The van der Waals surface area contributed by atoms with Gasteiger partial charge in [0, 0.05) is 0 Å². The Kier molecular flexibility index (Phi) is 3.79. The second kappa shape index (κ2) is 4.73. The molecule has 0 aromatic carbocycles. The van der Waals surface area contributed by atoms with Crippen molar-refractivity contribution in [3.8, 4) is 17.6 Å². The molecule has 0 saturated heterocycles. The lowest BCUT2D eigenvalue weighted by Crippen LogP contribution is -2.19. The molecule has 4 nitrogen and oxygen atoms in total. The average Bonchev–Trinajstić information content (AvgIpc) is 2.15. The first-order valence-electron chi connectivity index (χ1n) is 3.84. The van der Waals surface area contributed by atoms with Crippen LogP contribution in [0.25, 0.3) is 0 Å². The number of alkyl halides is 3. The highest BCUT2D eigenvalue weighted by atomic mass is 127. The summed E-state index contributed by atoms with van der Waals surface area (Å²) in [5.74, 6) is -1.13. The van der Waals surface area contributed by atoms with Gasteiger partial charge in [-0.1, -0.05) is 0 Å². The number of aromatic hydroxyl groups is 1. The Morgan fingerprint density at radius 2 is 2.19 bits per heavy atom. The average molecular weight is 344 g/mol. The van der Waals surface area contributed by atoms with E-state index in [1.807, 2.05) is 0 Å². The number of rotatable bonds is 2. The van der Waals surface area contributed by atoms with Crippen molar-refractivity contribution in [2.45, 2.75) is 12.8 Å². The summed E-state index contributed by atoms with van der Waals surface area (Å²) >= 11 is 1.53. The zero-order valence-corrected chi connectivity index (χ0v) is 9.70. The standard InChI is InChI=1S/C8H4F3IN2O2/c9-8(10,11)16-6-4(1-2-13)5(15)3-14-7(6)12/h3,15H,1H2. The van der Waals surface area contributed by atoms with Gasteiger partial charge in [0.2, 0.25) is 0 Å². The highest BCUT2D eigenvalue weighted by Crippen LogP contribution is 2.34. The van der Waals surface area contributed by atoms with Gasteiger partial charge >= 0.3 is 6.36 Å². The van der Waals surface area contributed by atoms with E-state index in [9.17, 15) is 18.3 Å². The van der Waals surface area contributed by atoms with E-state index in [4.69, 9.17) is 5.26 Å². The third-order valence-corrected chi connectivity index (χ3v) is 2.31. The molecule has 1 aromatic heterocycles. The van der Waals surface area contributed by atoms with E-state index in [1.165, 1.54) is 22.6 Å². The third-order valence-electron chi connectivity index (χ3n) is 1.54. The number of halogens is 4. The third kappa shape index (κ3) is 3.13. The van der Waals surface area contributed by atoms with Crippen molar-refractivity contribution < 1.29 is 23.0 Å². The van der Waals surface area contributed by atoms with Gasteiger partial charge in [0.1, 0.15) is 9.45 Å². The molecule has 0 aliphatic heterocycles. The molecule has 0 unspecified atom stereocenters. The van der Waals surface area contributed by atoms with Crippen LogP contribution in [0.4, 0.5) is 13.2 Å². The van der Waals surface area contributed by atoms with Crippen molar-refractivity contribution in [3.63, 3.8) is 0 Å². The maximum absolute atomic E-state index is 12.1. The molecule has 0 radical (unpaired) electrons. The molecule has 1 aromatic rings. The van der Waals surface area contributed by atoms with Crippen LogP contribution >= 0.6 is 22.6 Å². The summed E-state index contributed by atoms with van der Waals surface area (Å²) in [5, 5.41) is 17.7.